The first-order valence-electron chi connectivity index (χ1n) is 5.98. The van der Waals surface area contributed by atoms with E-state index in [0.717, 1.165) is 6.54 Å². The number of nitrogens with zero attached hydrogens (tertiary/aromatic N) is 1. The summed E-state index contributed by atoms with van der Waals surface area (Å²) in [5.74, 6) is -0.274. The monoisotopic (exact) mass is 234 g/mol. The number of benzene rings is 1. The zero-order valence-corrected chi connectivity index (χ0v) is 11.2. The third-order valence-electron chi connectivity index (χ3n) is 2.97. The molecule has 0 saturated carbocycles. The molecule has 17 heavy (non-hydrogen) atoms. The van der Waals surface area contributed by atoms with Crippen LogP contribution in [0.3, 0.4) is 0 Å². The number of rotatable bonds is 5. The van der Waals surface area contributed by atoms with E-state index in [4.69, 9.17) is 5.73 Å². The molecule has 3 heteroatoms. The van der Waals surface area contributed by atoms with Gasteiger partial charge in [-0.2, -0.15) is 0 Å². The molecule has 1 rings (SSSR count). The smallest absolute Gasteiger partial charge is 0.231 e. The van der Waals surface area contributed by atoms with Crippen molar-refractivity contribution in [2.75, 3.05) is 6.54 Å². The van der Waals surface area contributed by atoms with Gasteiger partial charge in [0.1, 0.15) is 0 Å². The second-order valence-electron chi connectivity index (χ2n) is 4.89. The fourth-order valence-corrected chi connectivity index (χ4v) is 1.81. The van der Waals surface area contributed by atoms with Crippen LogP contribution in [0.15, 0.2) is 18.2 Å². The molecule has 0 saturated heterocycles. The van der Waals surface area contributed by atoms with Crippen molar-refractivity contribution in [3.05, 3.63) is 34.9 Å². The van der Waals surface area contributed by atoms with Crippen LogP contribution in [0.25, 0.3) is 0 Å². The minimum Gasteiger partial charge on any atom is -0.369 e. The number of primary amides is 1. The summed E-state index contributed by atoms with van der Waals surface area (Å²) in [6, 6.07) is 6.70. The van der Waals surface area contributed by atoms with Gasteiger partial charge in [0.05, 0.1) is 6.54 Å². The summed E-state index contributed by atoms with van der Waals surface area (Å²) in [6.45, 7) is 9.41. The zero-order valence-electron chi connectivity index (χ0n) is 11.2. The Labute approximate surface area is 104 Å². The molecule has 1 aromatic rings. The normalized spacial score (nSPS) is 11.2. The van der Waals surface area contributed by atoms with Gasteiger partial charge in [0.2, 0.25) is 5.91 Å². The first kappa shape index (κ1) is 13.7. The number of hydrogen-bond donors (Lipinski definition) is 1. The largest absolute Gasteiger partial charge is 0.369 e. The van der Waals surface area contributed by atoms with Gasteiger partial charge < -0.3 is 5.73 Å². The molecule has 0 fully saturated rings. The van der Waals surface area contributed by atoms with Crippen molar-refractivity contribution in [2.45, 2.75) is 40.3 Å². The molecule has 0 bridgehead atoms. The summed E-state index contributed by atoms with van der Waals surface area (Å²) >= 11 is 0. The van der Waals surface area contributed by atoms with Crippen molar-refractivity contribution in [1.29, 1.82) is 0 Å². The fourth-order valence-electron chi connectivity index (χ4n) is 1.81. The molecular weight excluding hydrogens is 212 g/mol. The van der Waals surface area contributed by atoms with Crippen molar-refractivity contribution in [3.63, 3.8) is 0 Å². The van der Waals surface area contributed by atoms with Crippen LogP contribution in [-0.4, -0.2) is 23.4 Å². The Bertz CT molecular complexity index is 399. The van der Waals surface area contributed by atoms with Gasteiger partial charge in [0.25, 0.3) is 0 Å². The summed E-state index contributed by atoms with van der Waals surface area (Å²) < 4.78 is 0. The minimum atomic E-state index is -0.274. The third-order valence-corrected chi connectivity index (χ3v) is 2.97. The molecule has 0 aliphatic heterocycles. The van der Waals surface area contributed by atoms with E-state index in [9.17, 15) is 4.79 Å². The summed E-state index contributed by atoms with van der Waals surface area (Å²) in [5.41, 5.74) is 9.04. The van der Waals surface area contributed by atoms with E-state index in [1.165, 1.54) is 16.7 Å². The minimum absolute atomic E-state index is 0.274. The number of hydrogen-bond acceptors (Lipinski definition) is 2. The number of carbonyl (C=O) groups is 1. The maximum Gasteiger partial charge on any atom is 0.231 e. The second-order valence-corrected chi connectivity index (χ2v) is 4.89. The van der Waals surface area contributed by atoms with Crippen LogP contribution < -0.4 is 5.73 Å². The van der Waals surface area contributed by atoms with Crippen LogP contribution in [0, 0.1) is 13.8 Å². The first-order chi connectivity index (χ1) is 7.90. The highest BCUT2D eigenvalue weighted by Gasteiger charge is 2.13. The molecule has 0 heterocycles. The van der Waals surface area contributed by atoms with Gasteiger partial charge in [-0.3, -0.25) is 9.69 Å². The Morgan fingerprint density at radius 1 is 1.35 bits per heavy atom. The van der Waals surface area contributed by atoms with Crippen LogP contribution in [-0.2, 0) is 11.3 Å². The summed E-state index contributed by atoms with van der Waals surface area (Å²) in [7, 11) is 0. The van der Waals surface area contributed by atoms with Crippen molar-refractivity contribution >= 4 is 5.91 Å². The van der Waals surface area contributed by atoms with Gasteiger partial charge in [-0.25, -0.2) is 0 Å². The third kappa shape index (κ3) is 4.19. The Morgan fingerprint density at radius 2 is 2.00 bits per heavy atom. The van der Waals surface area contributed by atoms with Crippen LogP contribution in [0.5, 0.6) is 0 Å². The van der Waals surface area contributed by atoms with Crippen LogP contribution in [0.1, 0.15) is 30.5 Å². The molecule has 0 radical (unpaired) electrons. The SMILES string of the molecule is Cc1ccc(C)c(CN(CC(N)=O)C(C)C)c1. The van der Waals surface area contributed by atoms with Crippen molar-refractivity contribution in [2.24, 2.45) is 5.73 Å². The average molecular weight is 234 g/mol. The zero-order chi connectivity index (χ0) is 13.0. The molecule has 0 atom stereocenters. The summed E-state index contributed by atoms with van der Waals surface area (Å²) in [4.78, 5) is 13.1. The predicted molar refractivity (Wildman–Crippen MR) is 70.7 cm³/mol. The highest BCUT2D eigenvalue weighted by Crippen LogP contribution is 2.14. The van der Waals surface area contributed by atoms with E-state index in [1.54, 1.807) is 0 Å². The lowest BCUT2D eigenvalue weighted by molar-refractivity contribution is -0.119. The van der Waals surface area contributed by atoms with Crippen molar-refractivity contribution in [3.8, 4) is 0 Å². The second kappa shape index (κ2) is 5.82. The van der Waals surface area contributed by atoms with Gasteiger partial charge in [0.15, 0.2) is 0 Å². The van der Waals surface area contributed by atoms with Gasteiger partial charge in [-0.15, -0.1) is 0 Å². The lowest BCUT2D eigenvalue weighted by Gasteiger charge is -2.25. The molecule has 0 aliphatic rings. The van der Waals surface area contributed by atoms with Gasteiger partial charge >= 0.3 is 0 Å². The average Bonchev–Trinajstić information content (AvgIpc) is 2.21. The molecule has 1 amide bonds. The van der Waals surface area contributed by atoms with E-state index >= 15 is 0 Å². The van der Waals surface area contributed by atoms with Crippen LogP contribution in [0.4, 0.5) is 0 Å². The summed E-state index contributed by atoms with van der Waals surface area (Å²) in [6.07, 6.45) is 0. The predicted octanol–water partition coefficient (Wildman–Crippen LogP) is 2.00. The van der Waals surface area contributed by atoms with E-state index < -0.39 is 0 Å². The number of aryl methyl sites for hydroxylation is 2. The molecule has 0 unspecified atom stereocenters. The fraction of sp³-hybridized carbons (Fsp3) is 0.500. The Hall–Kier alpha value is -1.35. The van der Waals surface area contributed by atoms with Crippen molar-refractivity contribution < 1.29 is 4.79 Å². The molecular formula is C14H22N2O. The first-order valence-corrected chi connectivity index (χ1v) is 5.98. The standard InChI is InChI=1S/C14H22N2O/c1-10(2)16(9-14(15)17)8-13-7-11(3)5-6-12(13)4/h5-7,10H,8-9H2,1-4H3,(H2,15,17). The lowest BCUT2D eigenvalue weighted by atomic mass is 10.0. The lowest BCUT2D eigenvalue weighted by Crippen LogP contribution is -2.38. The topological polar surface area (TPSA) is 46.3 Å². The number of carbonyl (C=O) groups excluding carboxylic acids is 1. The van der Waals surface area contributed by atoms with E-state index in [0.29, 0.717) is 12.6 Å². The highest BCUT2D eigenvalue weighted by atomic mass is 16.1. The maximum atomic E-state index is 11.0. The molecule has 2 N–H and O–H groups in total. The van der Waals surface area contributed by atoms with E-state index in [1.807, 2.05) is 0 Å². The maximum absolute atomic E-state index is 11.0. The molecule has 1 aromatic carbocycles. The molecule has 0 spiro atoms. The quantitative estimate of drug-likeness (QED) is 0.847. The Morgan fingerprint density at radius 3 is 2.53 bits per heavy atom. The Balaban J connectivity index is 2.85. The molecule has 3 nitrogen and oxygen atoms in total. The van der Waals surface area contributed by atoms with Gasteiger partial charge in [-0.05, 0) is 38.8 Å². The number of amides is 1. The molecule has 0 aliphatic carbocycles. The molecule has 94 valence electrons. The van der Waals surface area contributed by atoms with Crippen LogP contribution in [0.2, 0.25) is 0 Å². The summed E-state index contributed by atoms with van der Waals surface area (Å²) in [5, 5.41) is 0. The molecule has 0 aromatic heterocycles. The van der Waals surface area contributed by atoms with E-state index in [-0.39, 0.29) is 5.91 Å². The van der Waals surface area contributed by atoms with Crippen LogP contribution >= 0.6 is 0 Å². The van der Waals surface area contributed by atoms with E-state index in [2.05, 4.69) is 50.8 Å². The highest BCUT2D eigenvalue weighted by molar-refractivity contribution is 5.75. The van der Waals surface area contributed by atoms with Crippen molar-refractivity contribution in [1.82, 2.24) is 4.90 Å². The van der Waals surface area contributed by atoms with Gasteiger partial charge in [0, 0.05) is 12.6 Å². The number of nitrogens with two attached hydrogens (primary N) is 1. The Kier molecular flexibility index (Phi) is 4.70. The van der Waals surface area contributed by atoms with Gasteiger partial charge in [-0.1, -0.05) is 23.8 Å².